The molecule has 0 unspecified atom stereocenters. The molecule has 1 aromatic rings. The van der Waals surface area contributed by atoms with Crippen molar-refractivity contribution in [2.24, 2.45) is 0 Å². The molecular weight excluding hydrogens is 174 g/mol. The van der Waals surface area contributed by atoms with Crippen LogP contribution in [0.25, 0.3) is 6.08 Å². The zero-order valence-corrected chi connectivity index (χ0v) is 8.45. The van der Waals surface area contributed by atoms with Gasteiger partial charge in [0.2, 0.25) is 0 Å². The summed E-state index contributed by atoms with van der Waals surface area (Å²) in [5.41, 5.74) is 2.22. The van der Waals surface area contributed by atoms with Crippen LogP contribution >= 0.6 is 0 Å². The summed E-state index contributed by atoms with van der Waals surface area (Å²) in [7, 11) is 1.65. The Morgan fingerprint density at radius 3 is 2.86 bits per heavy atom. The molecule has 0 bridgehead atoms. The fourth-order valence-electron chi connectivity index (χ4n) is 1.24. The van der Waals surface area contributed by atoms with Crippen molar-refractivity contribution in [2.75, 3.05) is 7.11 Å². The number of hydrogen-bond donors (Lipinski definition) is 0. The first-order valence-corrected chi connectivity index (χ1v) is 4.45. The summed E-state index contributed by atoms with van der Waals surface area (Å²) >= 11 is 0. The van der Waals surface area contributed by atoms with Gasteiger partial charge in [0, 0.05) is 0 Å². The minimum atomic E-state index is 0.441. The standard InChI is InChI=1S/C12H13NO/c1-10-7-11(5-3-4-6-13)9-12(8-10)14-2/h3,5,7-9H,4H2,1-2H3. The van der Waals surface area contributed by atoms with Crippen LogP contribution in [0, 0.1) is 18.3 Å². The van der Waals surface area contributed by atoms with Crippen LogP contribution in [0.3, 0.4) is 0 Å². The molecule has 0 N–H and O–H groups in total. The summed E-state index contributed by atoms with van der Waals surface area (Å²) in [6.45, 7) is 2.02. The molecule has 0 spiro atoms. The molecule has 0 atom stereocenters. The summed E-state index contributed by atoms with van der Waals surface area (Å²) < 4.78 is 5.14. The van der Waals surface area contributed by atoms with Gasteiger partial charge in [0.05, 0.1) is 19.6 Å². The summed E-state index contributed by atoms with van der Waals surface area (Å²) in [4.78, 5) is 0. The zero-order chi connectivity index (χ0) is 10.4. The van der Waals surface area contributed by atoms with Gasteiger partial charge in [-0.1, -0.05) is 18.2 Å². The number of ether oxygens (including phenoxy) is 1. The summed E-state index contributed by atoms with van der Waals surface area (Å²) in [5, 5.41) is 8.37. The van der Waals surface area contributed by atoms with Crippen LogP contribution in [0.4, 0.5) is 0 Å². The molecule has 0 fully saturated rings. The quantitative estimate of drug-likeness (QED) is 0.728. The second-order valence-corrected chi connectivity index (χ2v) is 3.05. The van der Waals surface area contributed by atoms with E-state index < -0.39 is 0 Å². The maximum absolute atomic E-state index is 8.37. The second kappa shape index (κ2) is 5.08. The van der Waals surface area contributed by atoms with E-state index in [2.05, 4.69) is 12.1 Å². The van der Waals surface area contributed by atoms with Gasteiger partial charge in [0.1, 0.15) is 5.75 Å². The molecular formula is C12H13NO. The zero-order valence-electron chi connectivity index (χ0n) is 8.45. The highest BCUT2D eigenvalue weighted by Gasteiger charge is 1.94. The van der Waals surface area contributed by atoms with Crippen LogP contribution < -0.4 is 4.74 Å². The lowest BCUT2D eigenvalue weighted by molar-refractivity contribution is 0.414. The fraction of sp³-hybridized carbons (Fsp3) is 0.250. The van der Waals surface area contributed by atoms with Crippen LogP contribution in [0.5, 0.6) is 5.75 Å². The van der Waals surface area contributed by atoms with Crippen molar-refractivity contribution in [3.05, 3.63) is 35.4 Å². The SMILES string of the molecule is COc1cc(C)cc(C=CCC#N)c1. The molecule has 0 amide bonds. The van der Waals surface area contributed by atoms with Crippen molar-refractivity contribution in [1.82, 2.24) is 0 Å². The second-order valence-electron chi connectivity index (χ2n) is 3.05. The molecule has 1 rings (SSSR count). The van der Waals surface area contributed by atoms with E-state index in [1.165, 1.54) is 0 Å². The van der Waals surface area contributed by atoms with E-state index in [1.807, 2.05) is 31.2 Å². The number of methoxy groups -OCH3 is 1. The first-order valence-electron chi connectivity index (χ1n) is 4.45. The van der Waals surface area contributed by atoms with Gasteiger partial charge < -0.3 is 4.74 Å². The van der Waals surface area contributed by atoms with E-state index in [-0.39, 0.29) is 0 Å². The van der Waals surface area contributed by atoms with E-state index in [0.29, 0.717) is 6.42 Å². The normalized spacial score (nSPS) is 10.1. The molecule has 1 aromatic carbocycles. The molecule has 72 valence electrons. The maximum atomic E-state index is 8.37. The summed E-state index contributed by atoms with van der Waals surface area (Å²) in [6, 6.07) is 8.03. The minimum Gasteiger partial charge on any atom is -0.497 e. The van der Waals surface area contributed by atoms with Crippen molar-refractivity contribution >= 4 is 6.08 Å². The van der Waals surface area contributed by atoms with Gasteiger partial charge in [-0.2, -0.15) is 5.26 Å². The van der Waals surface area contributed by atoms with Crippen LogP contribution in [-0.2, 0) is 0 Å². The van der Waals surface area contributed by atoms with E-state index in [9.17, 15) is 0 Å². The highest BCUT2D eigenvalue weighted by molar-refractivity contribution is 5.53. The number of aryl methyl sites for hydroxylation is 1. The summed E-state index contributed by atoms with van der Waals surface area (Å²) in [5.74, 6) is 0.849. The Morgan fingerprint density at radius 2 is 2.21 bits per heavy atom. The monoisotopic (exact) mass is 187 g/mol. The van der Waals surface area contributed by atoms with E-state index in [1.54, 1.807) is 7.11 Å². The number of benzene rings is 1. The fourth-order valence-corrected chi connectivity index (χ4v) is 1.24. The van der Waals surface area contributed by atoms with Crippen LogP contribution in [-0.4, -0.2) is 7.11 Å². The van der Waals surface area contributed by atoms with Crippen molar-refractivity contribution in [2.45, 2.75) is 13.3 Å². The molecule has 2 heteroatoms. The lowest BCUT2D eigenvalue weighted by atomic mass is 10.1. The van der Waals surface area contributed by atoms with Crippen LogP contribution in [0.1, 0.15) is 17.5 Å². The van der Waals surface area contributed by atoms with Gasteiger partial charge in [-0.3, -0.25) is 0 Å². The molecule has 0 heterocycles. The molecule has 14 heavy (non-hydrogen) atoms. The molecule has 0 radical (unpaired) electrons. The Balaban J connectivity index is 2.87. The van der Waals surface area contributed by atoms with Gasteiger partial charge in [0.15, 0.2) is 0 Å². The average molecular weight is 187 g/mol. The molecule has 2 nitrogen and oxygen atoms in total. The van der Waals surface area contributed by atoms with Crippen molar-refractivity contribution < 1.29 is 4.74 Å². The smallest absolute Gasteiger partial charge is 0.119 e. The van der Waals surface area contributed by atoms with Gasteiger partial charge >= 0.3 is 0 Å². The third-order valence-corrected chi connectivity index (χ3v) is 1.83. The Hall–Kier alpha value is -1.75. The van der Waals surface area contributed by atoms with E-state index in [4.69, 9.17) is 10.00 Å². The van der Waals surface area contributed by atoms with Gasteiger partial charge in [-0.05, 0) is 30.2 Å². The number of nitrogens with zero attached hydrogens (tertiary/aromatic N) is 1. The Labute approximate surface area is 84.4 Å². The van der Waals surface area contributed by atoms with E-state index in [0.717, 1.165) is 16.9 Å². The first kappa shape index (κ1) is 10.3. The minimum absolute atomic E-state index is 0.441. The highest BCUT2D eigenvalue weighted by atomic mass is 16.5. The van der Waals surface area contributed by atoms with Crippen molar-refractivity contribution in [1.29, 1.82) is 5.26 Å². The number of hydrogen-bond acceptors (Lipinski definition) is 2. The highest BCUT2D eigenvalue weighted by Crippen LogP contribution is 2.17. The number of allylic oxidation sites excluding steroid dienone is 1. The molecule has 0 saturated heterocycles. The summed E-state index contributed by atoms with van der Waals surface area (Å²) in [6.07, 6.45) is 4.21. The third-order valence-electron chi connectivity index (χ3n) is 1.83. The third kappa shape index (κ3) is 2.95. The molecule has 0 aliphatic heterocycles. The predicted molar refractivity (Wildman–Crippen MR) is 57.0 cm³/mol. The lowest BCUT2D eigenvalue weighted by Crippen LogP contribution is -1.85. The van der Waals surface area contributed by atoms with Crippen LogP contribution in [0.2, 0.25) is 0 Å². The molecule has 0 aromatic heterocycles. The Bertz CT molecular complexity index is 374. The average Bonchev–Trinajstić information content (AvgIpc) is 2.17. The topological polar surface area (TPSA) is 33.0 Å². The Morgan fingerprint density at radius 1 is 1.43 bits per heavy atom. The van der Waals surface area contributed by atoms with Gasteiger partial charge in [0.25, 0.3) is 0 Å². The maximum Gasteiger partial charge on any atom is 0.119 e. The predicted octanol–water partition coefficient (Wildman–Crippen LogP) is 2.93. The molecule has 0 aliphatic carbocycles. The largest absolute Gasteiger partial charge is 0.497 e. The molecule has 0 saturated carbocycles. The van der Waals surface area contributed by atoms with Gasteiger partial charge in [-0.15, -0.1) is 0 Å². The van der Waals surface area contributed by atoms with Gasteiger partial charge in [-0.25, -0.2) is 0 Å². The van der Waals surface area contributed by atoms with Crippen molar-refractivity contribution in [3.8, 4) is 11.8 Å². The lowest BCUT2D eigenvalue weighted by Gasteiger charge is -2.02. The van der Waals surface area contributed by atoms with Crippen LogP contribution in [0.15, 0.2) is 24.3 Å². The van der Waals surface area contributed by atoms with E-state index >= 15 is 0 Å². The Kier molecular flexibility index (Phi) is 3.75. The number of rotatable bonds is 3. The molecule has 0 aliphatic rings. The first-order chi connectivity index (χ1) is 6.76. The number of nitriles is 1. The van der Waals surface area contributed by atoms with Crippen molar-refractivity contribution in [3.63, 3.8) is 0 Å².